The molecule has 1 amide bonds. The van der Waals surface area contributed by atoms with Gasteiger partial charge in [-0.3, -0.25) is 4.79 Å². The van der Waals surface area contributed by atoms with Crippen LogP contribution in [0.1, 0.15) is 24.1 Å². The van der Waals surface area contributed by atoms with Crippen molar-refractivity contribution in [2.75, 3.05) is 31.6 Å². The SMILES string of the molecule is Cc1ccc2c(n1)N(C)CCN(C(=O)[C@H]1CCCO1)C2. The molecule has 0 spiro atoms. The molecule has 2 aliphatic rings. The van der Waals surface area contributed by atoms with E-state index in [4.69, 9.17) is 4.74 Å². The number of anilines is 1. The van der Waals surface area contributed by atoms with E-state index >= 15 is 0 Å². The van der Waals surface area contributed by atoms with Crippen LogP contribution in [0, 0.1) is 6.92 Å². The van der Waals surface area contributed by atoms with Gasteiger partial charge in [0.05, 0.1) is 0 Å². The van der Waals surface area contributed by atoms with Crippen LogP contribution in [0.2, 0.25) is 0 Å². The Kier molecular flexibility index (Phi) is 3.61. The number of hydrogen-bond acceptors (Lipinski definition) is 4. The van der Waals surface area contributed by atoms with Crippen LogP contribution < -0.4 is 4.90 Å². The summed E-state index contributed by atoms with van der Waals surface area (Å²) in [6.45, 7) is 4.87. The first-order valence-corrected chi connectivity index (χ1v) is 7.23. The van der Waals surface area contributed by atoms with Crippen molar-refractivity contribution in [3.05, 3.63) is 23.4 Å². The standard InChI is InChI=1S/C15H21N3O2/c1-11-5-6-12-10-18(8-7-17(2)14(12)16-11)15(19)13-4-3-9-20-13/h5-6,13H,3-4,7-10H2,1-2H3/t13-/m1/s1. The van der Waals surface area contributed by atoms with Crippen LogP contribution in [0.3, 0.4) is 0 Å². The van der Waals surface area contributed by atoms with E-state index in [0.29, 0.717) is 13.2 Å². The van der Waals surface area contributed by atoms with E-state index in [9.17, 15) is 4.79 Å². The van der Waals surface area contributed by atoms with Crippen molar-refractivity contribution in [2.45, 2.75) is 32.4 Å². The number of carbonyl (C=O) groups excluding carboxylic acids is 1. The first-order chi connectivity index (χ1) is 9.65. The highest BCUT2D eigenvalue weighted by Gasteiger charge is 2.30. The predicted octanol–water partition coefficient (Wildman–Crippen LogP) is 1.35. The van der Waals surface area contributed by atoms with Crippen LogP contribution in [0.15, 0.2) is 12.1 Å². The molecule has 5 heteroatoms. The van der Waals surface area contributed by atoms with Crippen molar-refractivity contribution >= 4 is 11.7 Å². The molecule has 0 saturated carbocycles. The molecule has 0 aliphatic carbocycles. The second-order valence-corrected chi connectivity index (χ2v) is 5.62. The summed E-state index contributed by atoms with van der Waals surface area (Å²) in [5, 5.41) is 0. The number of carbonyl (C=O) groups is 1. The fourth-order valence-corrected chi connectivity index (χ4v) is 2.85. The molecule has 1 fully saturated rings. The van der Waals surface area contributed by atoms with Crippen LogP contribution in [-0.4, -0.2) is 48.6 Å². The monoisotopic (exact) mass is 275 g/mol. The first kappa shape index (κ1) is 13.4. The normalized spacial score (nSPS) is 22.6. The van der Waals surface area contributed by atoms with Gasteiger partial charge in [0, 0.05) is 44.5 Å². The maximum absolute atomic E-state index is 12.5. The highest BCUT2D eigenvalue weighted by molar-refractivity contribution is 5.81. The summed E-state index contributed by atoms with van der Waals surface area (Å²) in [7, 11) is 2.03. The number of pyridine rings is 1. The van der Waals surface area contributed by atoms with Crippen molar-refractivity contribution < 1.29 is 9.53 Å². The van der Waals surface area contributed by atoms with Gasteiger partial charge in [0.25, 0.3) is 5.91 Å². The number of ether oxygens (including phenoxy) is 1. The first-order valence-electron chi connectivity index (χ1n) is 7.23. The molecule has 0 unspecified atom stereocenters. The Bertz CT molecular complexity index is 512. The largest absolute Gasteiger partial charge is 0.368 e. The number of aryl methyl sites for hydroxylation is 1. The predicted molar refractivity (Wildman–Crippen MR) is 76.6 cm³/mol. The Morgan fingerprint density at radius 2 is 2.25 bits per heavy atom. The number of fused-ring (bicyclic) bond motifs is 1. The van der Waals surface area contributed by atoms with E-state index < -0.39 is 0 Å². The molecule has 1 aromatic heterocycles. The summed E-state index contributed by atoms with van der Waals surface area (Å²) >= 11 is 0. The number of amides is 1. The molecule has 1 aromatic rings. The minimum Gasteiger partial charge on any atom is -0.368 e. The smallest absolute Gasteiger partial charge is 0.252 e. The zero-order valence-electron chi connectivity index (χ0n) is 12.1. The number of nitrogens with zero attached hydrogens (tertiary/aromatic N) is 3. The molecule has 0 N–H and O–H groups in total. The summed E-state index contributed by atoms with van der Waals surface area (Å²) < 4.78 is 5.52. The molecule has 0 bridgehead atoms. The van der Waals surface area contributed by atoms with Gasteiger partial charge in [0.2, 0.25) is 0 Å². The highest BCUT2D eigenvalue weighted by Crippen LogP contribution is 2.24. The Hall–Kier alpha value is -1.62. The lowest BCUT2D eigenvalue weighted by atomic mass is 10.2. The van der Waals surface area contributed by atoms with E-state index in [1.54, 1.807) is 0 Å². The molecule has 108 valence electrons. The fraction of sp³-hybridized carbons (Fsp3) is 0.600. The number of hydrogen-bond donors (Lipinski definition) is 0. The third-order valence-electron chi connectivity index (χ3n) is 4.04. The van der Waals surface area contributed by atoms with E-state index in [1.165, 1.54) is 0 Å². The molecule has 3 rings (SSSR count). The maximum Gasteiger partial charge on any atom is 0.252 e. The topological polar surface area (TPSA) is 45.7 Å². The molecule has 0 radical (unpaired) electrons. The molecule has 3 heterocycles. The minimum atomic E-state index is -0.236. The van der Waals surface area contributed by atoms with Crippen LogP contribution in [0.4, 0.5) is 5.82 Å². The van der Waals surface area contributed by atoms with Gasteiger partial charge in [-0.1, -0.05) is 6.07 Å². The lowest BCUT2D eigenvalue weighted by Crippen LogP contribution is -2.40. The molecule has 1 atom stereocenters. The Morgan fingerprint density at radius 1 is 1.40 bits per heavy atom. The zero-order valence-corrected chi connectivity index (χ0v) is 12.1. The van der Waals surface area contributed by atoms with Crippen LogP contribution in [-0.2, 0) is 16.1 Å². The summed E-state index contributed by atoms with van der Waals surface area (Å²) in [5.41, 5.74) is 2.12. The van der Waals surface area contributed by atoms with Gasteiger partial charge in [-0.05, 0) is 25.8 Å². The van der Waals surface area contributed by atoms with Gasteiger partial charge in [-0.15, -0.1) is 0 Å². The molecule has 2 aliphatic heterocycles. The Labute approximate surface area is 119 Å². The Morgan fingerprint density at radius 3 is 3.00 bits per heavy atom. The molecule has 5 nitrogen and oxygen atoms in total. The van der Waals surface area contributed by atoms with Crippen molar-refractivity contribution in [1.29, 1.82) is 0 Å². The average molecular weight is 275 g/mol. The number of rotatable bonds is 1. The van der Waals surface area contributed by atoms with Gasteiger partial charge < -0.3 is 14.5 Å². The van der Waals surface area contributed by atoms with Gasteiger partial charge in [0.15, 0.2) is 0 Å². The van der Waals surface area contributed by atoms with Gasteiger partial charge in [-0.2, -0.15) is 0 Å². The third-order valence-corrected chi connectivity index (χ3v) is 4.04. The second kappa shape index (κ2) is 5.40. The summed E-state index contributed by atoms with van der Waals surface area (Å²) in [6, 6.07) is 4.09. The van der Waals surface area contributed by atoms with Crippen molar-refractivity contribution in [3.8, 4) is 0 Å². The second-order valence-electron chi connectivity index (χ2n) is 5.62. The lowest BCUT2D eigenvalue weighted by Gasteiger charge is -2.23. The molecule has 1 saturated heterocycles. The van der Waals surface area contributed by atoms with Crippen molar-refractivity contribution in [1.82, 2.24) is 9.88 Å². The van der Waals surface area contributed by atoms with E-state index in [-0.39, 0.29) is 12.0 Å². The lowest BCUT2D eigenvalue weighted by molar-refractivity contribution is -0.141. The summed E-state index contributed by atoms with van der Waals surface area (Å²) in [4.78, 5) is 21.1. The quantitative estimate of drug-likeness (QED) is 0.776. The van der Waals surface area contributed by atoms with E-state index in [1.807, 2.05) is 24.9 Å². The number of aromatic nitrogens is 1. The Balaban J connectivity index is 1.82. The molecular weight excluding hydrogens is 254 g/mol. The third kappa shape index (κ3) is 2.50. The van der Waals surface area contributed by atoms with Crippen molar-refractivity contribution in [3.63, 3.8) is 0 Å². The van der Waals surface area contributed by atoms with Gasteiger partial charge in [0.1, 0.15) is 11.9 Å². The maximum atomic E-state index is 12.5. The van der Waals surface area contributed by atoms with Crippen molar-refractivity contribution in [2.24, 2.45) is 0 Å². The van der Waals surface area contributed by atoms with Gasteiger partial charge >= 0.3 is 0 Å². The summed E-state index contributed by atoms with van der Waals surface area (Å²) in [6.07, 6.45) is 1.60. The molecule has 20 heavy (non-hydrogen) atoms. The van der Waals surface area contributed by atoms with Crippen LogP contribution >= 0.6 is 0 Å². The number of likely N-dealkylation sites (N-methyl/N-ethyl adjacent to an activating group) is 1. The molecular formula is C15H21N3O2. The van der Waals surface area contributed by atoms with E-state index in [2.05, 4.69) is 16.0 Å². The zero-order chi connectivity index (χ0) is 14.1. The van der Waals surface area contributed by atoms with Crippen LogP contribution in [0.5, 0.6) is 0 Å². The van der Waals surface area contributed by atoms with E-state index in [0.717, 1.165) is 43.0 Å². The average Bonchev–Trinajstić information content (AvgIpc) is 2.92. The summed E-state index contributed by atoms with van der Waals surface area (Å²) in [5.74, 6) is 1.12. The highest BCUT2D eigenvalue weighted by atomic mass is 16.5. The molecule has 0 aromatic carbocycles. The fourth-order valence-electron chi connectivity index (χ4n) is 2.85. The van der Waals surface area contributed by atoms with Crippen LogP contribution in [0.25, 0.3) is 0 Å². The van der Waals surface area contributed by atoms with Gasteiger partial charge in [-0.25, -0.2) is 4.98 Å². The minimum absolute atomic E-state index is 0.129.